The van der Waals surface area contributed by atoms with Crippen LogP contribution in [0.1, 0.15) is 62.5 Å². The van der Waals surface area contributed by atoms with Crippen LogP contribution in [0.3, 0.4) is 0 Å². The second kappa shape index (κ2) is 6.81. The number of nitrogens with one attached hydrogen (secondary N) is 2. The van der Waals surface area contributed by atoms with Crippen LogP contribution in [0.15, 0.2) is 4.52 Å². The van der Waals surface area contributed by atoms with Crippen LogP contribution in [-0.2, 0) is 6.42 Å². The van der Waals surface area contributed by atoms with E-state index in [9.17, 15) is 9.59 Å². The summed E-state index contributed by atoms with van der Waals surface area (Å²) in [5.74, 6) is 0.614. The van der Waals surface area contributed by atoms with Gasteiger partial charge in [0.2, 0.25) is 0 Å². The Labute approximate surface area is 135 Å². The van der Waals surface area contributed by atoms with Gasteiger partial charge in [-0.05, 0) is 46.1 Å². The maximum atomic E-state index is 12.3. The maximum Gasteiger partial charge on any atom is 0.253 e. The summed E-state index contributed by atoms with van der Waals surface area (Å²) in [6.45, 7) is 9.45. The third kappa shape index (κ3) is 3.52. The molecule has 0 saturated carbocycles. The molecule has 6 heteroatoms. The first kappa shape index (κ1) is 17.0. The van der Waals surface area contributed by atoms with Crippen molar-refractivity contribution in [1.29, 1.82) is 0 Å². The normalized spacial score (nSPS) is 10.8. The first-order valence-electron chi connectivity index (χ1n) is 7.73. The van der Waals surface area contributed by atoms with Crippen LogP contribution in [0.2, 0.25) is 0 Å². The van der Waals surface area contributed by atoms with E-state index in [0.717, 1.165) is 35.6 Å². The average Bonchev–Trinajstić information content (AvgIpc) is 2.95. The summed E-state index contributed by atoms with van der Waals surface area (Å²) in [7, 11) is 0. The van der Waals surface area contributed by atoms with Crippen molar-refractivity contribution in [2.24, 2.45) is 0 Å². The van der Waals surface area contributed by atoms with Crippen LogP contribution in [-0.4, -0.2) is 28.4 Å². The van der Waals surface area contributed by atoms with Gasteiger partial charge in [-0.15, -0.1) is 0 Å². The van der Waals surface area contributed by atoms with Crippen molar-refractivity contribution in [3.63, 3.8) is 0 Å². The van der Waals surface area contributed by atoms with Gasteiger partial charge in [-0.25, -0.2) is 0 Å². The van der Waals surface area contributed by atoms with Crippen LogP contribution in [0.4, 0.5) is 0 Å². The fourth-order valence-corrected chi connectivity index (χ4v) is 2.86. The summed E-state index contributed by atoms with van der Waals surface area (Å²) < 4.78 is 5.13. The monoisotopic (exact) mass is 317 g/mol. The van der Waals surface area contributed by atoms with Gasteiger partial charge in [0, 0.05) is 24.7 Å². The van der Waals surface area contributed by atoms with Gasteiger partial charge in [-0.3, -0.25) is 9.59 Å². The third-order valence-corrected chi connectivity index (χ3v) is 4.09. The summed E-state index contributed by atoms with van der Waals surface area (Å²) in [5, 5.41) is 6.83. The van der Waals surface area contributed by atoms with Gasteiger partial charge in [-0.1, -0.05) is 5.16 Å². The molecule has 0 aliphatic heterocycles. The molecule has 2 aromatic rings. The van der Waals surface area contributed by atoms with Gasteiger partial charge in [0.15, 0.2) is 5.78 Å². The van der Waals surface area contributed by atoms with Crippen molar-refractivity contribution >= 4 is 11.7 Å². The maximum absolute atomic E-state index is 12.3. The van der Waals surface area contributed by atoms with E-state index < -0.39 is 0 Å². The number of hydrogen-bond acceptors (Lipinski definition) is 4. The van der Waals surface area contributed by atoms with Crippen LogP contribution >= 0.6 is 0 Å². The minimum absolute atomic E-state index is 0.0666. The summed E-state index contributed by atoms with van der Waals surface area (Å²) in [4.78, 5) is 26.9. The molecule has 0 fully saturated rings. The van der Waals surface area contributed by atoms with E-state index in [0.29, 0.717) is 23.4 Å². The molecule has 0 aliphatic rings. The number of Topliss-reactive ketones (excluding diaryl/α,β-unsaturated/α-hetero) is 1. The van der Waals surface area contributed by atoms with E-state index >= 15 is 0 Å². The second-order valence-electron chi connectivity index (χ2n) is 5.84. The highest BCUT2D eigenvalue weighted by atomic mass is 16.5. The quantitative estimate of drug-likeness (QED) is 0.633. The summed E-state index contributed by atoms with van der Waals surface area (Å²) in [5.41, 5.74) is 4.49. The smallest absolute Gasteiger partial charge is 0.253 e. The van der Waals surface area contributed by atoms with Crippen LogP contribution < -0.4 is 5.32 Å². The Balaban J connectivity index is 1.94. The highest BCUT2D eigenvalue weighted by Gasteiger charge is 2.19. The number of aromatic amines is 1. The molecular formula is C17H23N3O3. The van der Waals surface area contributed by atoms with E-state index in [-0.39, 0.29) is 11.7 Å². The standard InChI is InChI=1S/C17H23N3O3/c1-9-15(11(3)19-16(9)12(4)21)17(22)18-8-6-7-14-10(2)20-23-13(14)5/h19H,6-8H2,1-5H3,(H,18,22). The van der Waals surface area contributed by atoms with Gasteiger partial charge < -0.3 is 14.8 Å². The zero-order valence-corrected chi connectivity index (χ0v) is 14.3. The molecule has 0 saturated heterocycles. The largest absolute Gasteiger partial charge is 0.361 e. The summed E-state index contributed by atoms with van der Waals surface area (Å²) >= 11 is 0. The Morgan fingerprint density at radius 1 is 1.22 bits per heavy atom. The first-order valence-corrected chi connectivity index (χ1v) is 7.73. The van der Waals surface area contributed by atoms with Crippen molar-refractivity contribution in [3.05, 3.63) is 39.5 Å². The van der Waals surface area contributed by atoms with Crippen molar-refractivity contribution < 1.29 is 14.1 Å². The van der Waals surface area contributed by atoms with Crippen molar-refractivity contribution in [2.75, 3.05) is 6.54 Å². The molecule has 1 amide bonds. The number of hydrogen-bond donors (Lipinski definition) is 2. The molecule has 23 heavy (non-hydrogen) atoms. The summed E-state index contributed by atoms with van der Waals surface area (Å²) in [6.07, 6.45) is 1.61. The number of amides is 1. The lowest BCUT2D eigenvalue weighted by Gasteiger charge is -2.06. The predicted octanol–water partition coefficient (Wildman–Crippen LogP) is 2.80. The van der Waals surface area contributed by atoms with Crippen molar-refractivity contribution in [1.82, 2.24) is 15.5 Å². The molecule has 0 unspecified atom stereocenters. The van der Waals surface area contributed by atoms with Gasteiger partial charge in [0.05, 0.1) is 17.0 Å². The lowest BCUT2D eigenvalue weighted by Crippen LogP contribution is -2.25. The number of H-pyrrole nitrogens is 1. The van der Waals surface area contributed by atoms with Gasteiger partial charge in [0.25, 0.3) is 5.91 Å². The molecule has 0 spiro atoms. The van der Waals surface area contributed by atoms with E-state index in [2.05, 4.69) is 15.5 Å². The molecule has 0 aliphatic carbocycles. The SMILES string of the molecule is CC(=O)c1[nH]c(C)c(C(=O)NCCCc2c(C)noc2C)c1C. The molecule has 0 aromatic carbocycles. The topological polar surface area (TPSA) is 88.0 Å². The molecule has 2 aromatic heterocycles. The number of rotatable bonds is 6. The molecular weight excluding hydrogens is 294 g/mol. The number of nitrogens with zero attached hydrogens (tertiary/aromatic N) is 1. The van der Waals surface area contributed by atoms with Crippen molar-refractivity contribution in [2.45, 2.75) is 47.5 Å². The first-order chi connectivity index (χ1) is 10.8. The third-order valence-electron chi connectivity index (χ3n) is 4.09. The van der Waals surface area contributed by atoms with Gasteiger partial charge in [0.1, 0.15) is 5.76 Å². The number of carbonyl (C=O) groups excluding carboxylic acids is 2. The molecule has 0 atom stereocenters. The Kier molecular flexibility index (Phi) is 5.03. The molecule has 2 heterocycles. The van der Waals surface area contributed by atoms with Gasteiger partial charge >= 0.3 is 0 Å². The second-order valence-corrected chi connectivity index (χ2v) is 5.84. The minimum Gasteiger partial charge on any atom is -0.361 e. The molecule has 0 bridgehead atoms. The van der Waals surface area contributed by atoms with E-state index in [4.69, 9.17) is 4.52 Å². The lowest BCUT2D eigenvalue weighted by molar-refractivity contribution is 0.0952. The van der Waals surface area contributed by atoms with E-state index in [1.807, 2.05) is 13.8 Å². The zero-order valence-electron chi connectivity index (χ0n) is 14.3. The number of ketones is 1. The Morgan fingerprint density at radius 3 is 2.43 bits per heavy atom. The molecule has 124 valence electrons. The highest BCUT2D eigenvalue weighted by Crippen LogP contribution is 2.18. The fraction of sp³-hybridized carbons (Fsp3) is 0.471. The Morgan fingerprint density at radius 2 is 1.91 bits per heavy atom. The van der Waals surface area contributed by atoms with Crippen LogP contribution in [0.25, 0.3) is 0 Å². The zero-order chi connectivity index (χ0) is 17.1. The molecule has 6 nitrogen and oxygen atoms in total. The van der Waals surface area contributed by atoms with Crippen LogP contribution in [0, 0.1) is 27.7 Å². The molecule has 2 rings (SSSR count). The number of aromatic nitrogens is 2. The van der Waals surface area contributed by atoms with E-state index in [1.165, 1.54) is 6.92 Å². The van der Waals surface area contributed by atoms with E-state index in [1.54, 1.807) is 13.8 Å². The Bertz CT molecular complexity index is 721. The predicted molar refractivity (Wildman–Crippen MR) is 86.9 cm³/mol. The van der Waals surface area contributed by atoms with Gasteiger partial charge in [-0.2, -0.15) is 0 Å². The summed E-state index contributed by atoms with van der Waals surface area (Å²) in [6, 6.07) is 0. The van der Waals surface area contributed by atoms with Crippen LogP contribution in [0.5, 0.6) is 0 Å². The highest BCUT2D eigenvalue weighted by molar-refractivity contribution is 6.02. The number of carbonyl (C=O) groups is 2. The fourth-order valence-electron chi connectivity index (χ4n) is 2.86. The molecule has 2 N–H and O–H groups in total. The minimum atomic E-state index is -0.150. The average molecular weight is 317 g/mol. The van der Waals surface area contributed by atoms with Crippen molar-refractivity contribution in [3.8, 4) is 0 Å². The number of aryl methyl sites for hydroxylation is 3. The lowest BCUT2D eigenvalue weighted by atomic mass is 10.1. The Hall–Kier alpha value is -2.37. The molecule has 0 radical (unpaired) electrons.